The molecule has 4 nitrogen and oxygen atoms in total. The van der Waals surface area contributed by atoms with Crippen molar-refractivity contribution >= 4 is 37.3 Å². The first-order valence-corrected chi connectivity index (χ1v) is 12.3. The van der Waals surface area contributed by atoms with Gasteiger partial charge in [-0.05, 0) is 84.6 Å². The number of anilines is 1. The highest BCUT2D eigenvalue weighted by Gasteiger charge is 2.13. The number of nitrogens with two attached hydrogens (primary N) is 1. The van der Waals surface area contributed by atoms with Crippen LogP contribution in [0.25, 0.3) is 11.1 Å². The molecule has 0 spiro atoms. The van der Waals surface area contributed by atoms with Crippen LogP contribution in [0, 0.1) is 12.0 Å². The lowest BCUT2D eigenvalue weighted by Gasteiger charge is -2.25. The van der Waals surface area contributed by atoms with Gasteiger partial charge in [-0.1, -0.05) is 55.5 Å². The van der Waals surface area contributed by atoms with E-state index in [4.69, 9.17) is 5.73 Å². The van der Waals surface area contributed by atoms with Crippen molar-refractivity contribution in [3.05, 3.63) is 84.0 Å². The van der Waals surface area contributed by atoms with Gasteiger partial charge < -0.3 is 16.0 Å². The van der Waals surface area contributed by atoms with Gasteiger partial charge in [0.1, 0.15) is 0 Å². The maximum absolute atomic E-state index is 12.6. The molecule has 2 aromatic carbocycles. The highest BCUT2D eigenvalue weighted by Crippen LogP contribution is 2.27. The first-order chi connectivity index (χ1) is 16.5. The van der Waals surface area contributed by atoms with E-state index in [1.807, 2.05) is 36.4 Å². The van der Waals surface area contributed by atoms with E-state index in [0.717, 1.165) is 58.5 Å². The number of amides is 1. The minimum atomic E-state index is 0.0302. The standard InChI is InChI=1S/C29H34N3OP/c1-3-23(14-16-30)27(20-22(2)26-12-5-6-13-28(26)34)24-10-9-11-25(21-24)31-29(33)15-19-32-17-7-4-8-18-32/h3,5-6,9-13,20-21H,1,4,7-8,15,17-19,30,34H2,2H3,(H,31,33)/b22-20+,27-23-. The van der Waals surface area contributed by atoms with Gasteiger partial charge in [-0.2, -0.15) is 0 Å². The van der Waals surface area contributed by atoms with Crippen molar-refractivity contribution < 1.29 is 4.79 Å². The molecule has 0 bridgehead atoms. The van der Waals surface area contributed by atoms with Crippen LogP contribution in [-0.4, -0.2) is 30.4 Å². The van der Waals surface area contributed by atoms with Crippen LogP contribution in [0.4, 0.5) is 5.69 Å². The number of carbonyl (C=O) groups is 1. The van der Waals surface area contributed by atoms with Gasteiger partial charge >= 0.3 is 0 Å². The fourth-order valence-corrected chi connectivity index (χ4v) is 4.64. The molecule has 1 heterocycles. The maximum atomic E-state index is 12.6. The molecule has 34 heavy (non-hydrogen) atoms. The predicted octanol–water partition coefficient (Wildman–Crippen LogP) is 4.96. The number of benzene rings is 2. The molecule has 1 saturated heterocycles. The second kappa shape index (κ2) is 12.9. The van der Waals surface area contributed by atoms with Crippen molar-refractivity contribution in [2.75, 3.05) is 25.0 Å². The normalized spacial score (nSPS) is 15.1. The van der Waals surface area contributed by atoms with Gasteiger partial charge in [-0.3, -0.25) is 4.79 Å². The lowest BCUT2D eigenvalue weighted by Crippen LogP contribution is -2.32. The number of carbonyl (C=O) groups excluding carboxylic acids is 1. The van der Waals surface area contributed by atoms with Crippen LogP contribution in [0.5, 0.6) is 0 Å². The van der Waals surface area contributed by atoms with Crippen molar-refractivity contribution in [3.63, 3.8) is 0 Å². The molecule has 5 heteroatoms. The monoisotopic (exact) mass is 471 g/mol. The van der Waals surface area contributed by atoms with E-state index in [-0.39, 0.29) is 5.91 Å². The summed E-state index contributed by atoms with van der Waals surface area (Å²) in [5.41, 5.74) is 11.1. The van der Waals surface area contributed by atoms with Gasteiger partial charge in [0, 0.05) is 30.3 Å². The van der Waals surface area contributed by atoms with Gasteiger partial charge in [0.2, 0.25) is 5.91 Å². The topological polar surface area (TPSA) is 58.4 Å². The zero-order chi connectivity index (χ0) is 24.3. The molecular formula is C29H34N3OP. The number of nitrogens with one attached hydrogen (secondary N) is 1. The van der Waals surface area contributed by atoms with Crippen molar-refractivity contribution in [2.45, 2.75) is 32.6 Å². The van der Waals surface area contributed by atoms with E-state index in [1.165, 1.54) is 19.3 Å². The molecule has 1 aliphatic heterocycles. The summed E-state index contributed by atoms with van der Waals surface area (Å²) < 4.78 is 0. The summed E-state index contributed by atoms with van der Waals surface area (Å²) in [4.78, 5) is 15.0. The quantitative estimate of drug-likeness (QED) is 0.248. The highest BCUT2D eigenvalue weighted by atomic mass is 31.0. The second-order valence-electron chi connectivity index (χ2n) is 8.50. The number of allylic oxidation sites excluding steroid dienone is 5. The van der Waals surface area contributed by atoms with Crippen LogP contribution in [0.1, 0.15) is 43.7 Å². The maximum Gasteiger partial charge on any atom is 0.225 e. The van der Waals surface area contributed by atoms with Crippen LogP contribution < -0.4 is 16.4 Å². The molecule has 0 radical (unpaired) electrons. The van der Waals surface area contributed by atoms with Crippen LogP contribution in [0.2, 0.25) is 0 Å². The lowest BCUT2D eigenvalue weighted by atomic mass is 9.95. The van der Waals surface area contributed by atoms with E-state index in [9.17, 15) is 4.79 Å². The Balaban J connectivity index is 1.86. The zero-order valence-corrected chi connectivity index (χ0v) is 21.1. The summed E-state index contributed by atoms with van der Waals surface area (Å²) in [7, 11) is 2.78. The van der Waals surface area contributed by atoms with E-state index >= 15 is 0 Å². The van der Waals surface area contributed by atoms with Crippen LogP contribution in [-0.2, 0) is 4.79 Å². The van der Waals surface area contributed by atoms with Crippen LogP contribution >= 0.6 is 9.24 Å². The molecular weight excluding hydrogens is 437 g/mol. The Hall–Kier alpha value is -3.12. The molecule has 3 rings (SSSR count). The van der Waals surface area contributed by atoms with Gasteiger partial charge in [0.05, 0.1) is 0 Å². The Morgan fingerprint density at radius 1 is 1.18 bits per heavy atom. The molecule has 1 aliphatic rings. The average Bonchev–Trinajstić information content (AvgIpc) is 2.86. The Morgan fingerprint density at radius 3 is 2.65 bits per heavy atom. The summed E-state index contributed by atoms with van der Waals surface area (Å²) in [6.45, 7) is 9.00. The molecule has 0 saturated carbocycles. The summed E-state index contributed by atoms with van der Waals surface area (Å²) in [5.74, 6) is 3.00. The van der Waals surface area contributed by atoms with Crippen molar-refractivity contribution in [1.29, 1.82) is 0 Å². The van der Waals surface area contributed by atoms with Gasteiger partial charge in [-0.25, -0.2) is 0 Å². The molecule has 1 unspecified atom stereocenters. The molecule has 1 atom stereocenters. The zero-order valence-electron chi connectivity index (χ0n) is 19.9. The van der Waals surface area contributed by atoms with Crippen LogP contribution in [0.15, 0.2) is 72.8 Å². The summed E-state index contributed by atoms with van der Waals surface area (Å²) in [6, 6.07) is 18.5. The van der Waals surface area contributed by atoms with E-state index < -0.39 is 0 Å². The molecule has 0 aromatic heterocycles. The SMILES string of the molecule is C=C/C(C#CN)=C(\C=C(/C)c1ccccc1P)c1cccc(NC(=O)CCN2CCCCC2)c1. The largest absolute Gasteiger partial charge is 0.359 e. The van der Waals surface area contributed by atoms with Crippen molar-refractivity contribution in [3.8, 4) is 12.0 Å². The number of hydrogen-bond acceptors (Lipinski definition) is 3. The summed E-state index contributed by atoms with van der Waals surface area (Å²) in [5, 5.41) is 4.18. The Kier molecular flexibility index (Phi) is 9.71. The van der Waals surface area contributed by atoms with Crippen molar-refractivity contribution in [1.82, 2.24) is 4.90 Å². The molecule has 0 aliphatic carbocycles. The van der Waals surface area contributed by atoms with E-state index in [1.54, 1.807) is 6.08 Å². The number of piperidine rings is 1. The molecule has 1 amide bonds. The van der Waals surface area contributed by atoms with Gasteiger partial charge in [-0.15, -0.1) is 9.24 Å². The summed E-state index contributed by atoms with van der Waals surface area (Å²) >= 11 is 0. The molecule has 2 aromatic rings. The molecule has 3 N–H and O–H groups in total. The van der Waals surface area contributed by atoms with Crippen LogP contribution in [0.3, 0.4) is 0 Å². The second-order valence-corrected chi connectivity index (χ2v) is 9.12. The first-order valence-electron chi connectivity index (χ1n) is 11.8. The van der Waals surface area contributed by atoms with E-state index in [0.29, 0.717) is 6.42 Å². The number of nitrogens with zero attached hydrogens (tertiary/aromatic N) is 1. The number of hydrogen-bond donors (Lipinski definition) is 2. The number of likely N-dealkylation sites (tertiary alicyclic amines) is 1. The fourth-order valence-electron chi connectivity index (χ4n) is 4.20. The Bertz CT molecular complexity index is 1150. The summed E-state index contributed by atoms with van der Waals surface area (Å²) in [6.07, 6.45) is 8.06. The number of rotatable bonds is 8. The minimum absolute atomic E-state index is 0.0302. The molecule has 1 fully saturated rings. The lowest BCUT2D eigenvalue weighted by molar-refractivity contribution is -0.116. The Labute approximate surface area is 206 Å². The van der Waals surface area contributed by atoms with Gasteiger partial charge in [0.15, 0.2) is 0 Å². The van der Waals surface area contributed by atoms with Gasteiger partial charge in [0.25, 0.3) is 0 Å². The highest BCUT2D eigenvalue weighted by molar-refractivity contribution is 7.27. The fraction of sp³-hybridized carbons (Fsp3) is 0.276. The minimum Gasteiger partial charge on any atom is -0.359 e. The Morgan fingerprint density at radius 2 is 1.94 bits per heavy atom. The average molecular weight is 472 g/mol. The smallest absolute Gasteiger partial charge is 0.225 e. The van der Waals surface area contributed by atoms with E-state index in [2.05, 4.69) is 63.1 Å². The third-order valence-electron chi connectivity index (χ3n) is 6.01. The first kappa shape index (κ1) is 25.5. The van der Waals surface area contributed by atoms with Crippen molar-refractivity contribution in [2.24, 2.45) is 5.73 Å². The predicted molar refractivity (Wildman–Crippen MR) is 148 cm³/mol. The third-order valence-corrected chi connectivity index (χ3v) is 6.51. The third kappa shape index (κ3) is 7.19. The molecule has 176 valence electrons.